The lowest BCUT2D eigenvalue weighted by Gasteiger charge is -2.22. The summed E-state index contributed by atoms with van der Waals surface area (Å²) < 4.78 is 1.96. The molecule has 1 N–H and O–H groups in total. The molecule has 132 valence electrons. The Balaban J connectivity index is 1.95. The molecule has 0 radical (unpaired) electrons. The van der Waals surface area contributed by atoms with Crippen LogP contribution in [-0.2, 0) is 13.5 Å². The van der Waals surface area contributed by atoms with Crippen molar-refractivity contribution in [3.8, 4) is 6.07 Å². The molecule has 0 saturated carbocycles. The van der Waals surface area contributed by atoms with Crippen LogP contribution in [0, 0.1) is 11.3 Å². The van der Waals surface area contributed by atoms with Crippen molar-refractivity contribution in [3.05, 3.63) is 47.9 Å². The van der Waals surface area contributed by atoms with Gasteiger partial charge in [0.05, 0.1) is 24.1 Å². The first kappa shape index (κ1) is 17.4. The van der Waals surface area contributed by atoms with Gasteiger partial charge in [-0.15, -0.1) is 0 Å². The Bertz CT molecular complexity index is 1000. The van der Waals surface area contributed by atoms with Gasteiger partial charge in [0.1, 0.15) is 17.9 Å². The maximum absolute atomic E-state index is 12.1. The minimum Gasteiger partial charge on any atom is -0.339 e. The molecule has 1 aromatic carbocycles. The largest absolute Gasteiger partial charge is 0.339 e. The summed E-state index contributed by atoms with van der Waals surface area (Å²) in [6.07, 6.45) is 4.30. The summed E-state index contributed by atoms with van der Waals surface area (Å²) in [5.41, 5.74) is 4.42. The Labute approximate surface area is 151 Å². The summed E-state index contributed by atoms with van der Waals surface area (Å²) in [4.78, 5) is 22.9. The van der Waals surface area contributed by atoms with Crippen molar-refractivity contribution < 1.29 is 4.79 Å². The molecule has 2 aromatic heterocycles. The molecule has 0 fully saturated rings. The second-order valence-electron chi connectivity index (χ2n) is 5.98. The predicted octanol–water partition coefficient (Wildman–Crippen LogP) is 2.55. The van der Waals surface area contributed by atoms with Gasteiger partial charge < -0.3 is 14.8 Å². The van der Waals surface area contributed by atoms with E-state index in [1.165, 1.54) is 0 Å². The van der Waals surface area contributed by atoms with Gasteiger partial charge in [-0.3, -0.25) is 4.79 Å². The number of hydrogen-bond acceptors (Lipinski definition) is 5. The molecule has 0 aliphatic carbocycles. The molecule has 3 aromatic rings. The standard InChI is InChI=1S/C19H20N6O/c1-4-13-9-14(19(26)21-8-7-20)5-6-16(13)25(3)18-10-17-15(11-22-18)23-12-24(17)2/h5-6,9-12H,4,8H2,1-3H3,(H,21,26). The number of pyridine rings is 1. The molecule has 0 unspecified atom stereocenters. The second-order valence-corrected chi connectivity index (χ2v) is 5.98. The van der Waals surface area contributed by atoms with Crippen molar-refractivity contribution in [2.24, 2.45) is 7.05 Å². The van der Waals surface area contributed by atoms with Gasteiger partial charge in [-0.05, 0) is 30.2 Å². The fourth-order valence-electron chi connectivity index (χ4n) is 2.89. The number of fused-ring (bicyclic) bond motifs is 1. The van der Waals surface area contributed by atoms with E-state index in [1.807, 2.05) is 54.8 Å². The zero-order chi connectivity index (χ0) is 18.7. The summed E-state index contributed by atoms with van der Waals surface area (Å²) in [6.45, 7) is 2.04. The number of hydrogen-bond donors (Lipinski definition) is 1. The number of aromatic nitrogens is 3. The Hall–Kier alpha value is -3.40. The van der Waals surface area contributed by atoms with E-state index in [-0.39, 0.29) is 12.5 Å². The van der Waals surface area contributed by atoms with E-state index >= 15 is 0 Å². The molecule has 0 aliphatic heterocycles. The van der Waals surface area contributed by atoms with Gasteiger partial charge in [0.15, 0.2) is 0 Å². The van der Waals surface area contributed by atoms with Crippen LogP contribution in [0.25, 0.3) is 11.0 Å². The molecule has 26 heavy (non-hydrogen) atoms. The molecule has 0 atom stereocenters. The summed E-state index contributed by atoms with van der Waals surface area (Å²) in [5, 5.41) is 11.2. The summed E-state index contributed by atoms with van der Waals surface area (Å²) >= 11 is 0. The van der Waals surface area contributed by atoms with Crippen LogP contribution in [-0.4, -0.2) is 34.0 Å². The Morgan fingerprint density at radius 3 is 2.88 bits per heavy atom. The lowest BCUT2D eigenvalue weighted by Crippen LogP contribution is -2.24. The predicted molar refractivity (Wildman–Crippen MR) is 100 cm³/mol. The minimum atomic E-state index is -0.245. The van der Waals surface area contributed by atoms with E-state index in [4.69, 9.17) is 5.26 Å². The van der Waals surface area contributed by atoms with Gasteiger partial charge in [0, 0.05) is 31.4 Å². The first-order valence-electron chi connectivity index (χ1n) is 8.34. The molecule has 0 bridgehead atoms. The van der Waals surface area contributed by atoms with Crippen LogP contribution >= 0.6 is 0 Å². The van der Waals surface area contributed by atoms with Crippen LogP contribution in [0.2, 0.25) is 0 Å². The normalized spacial score (nSPS) is 10.5. The number of anilines is 2. The number of benzene rings is 1. The number of nitrogens with one attached hydrogen (secondary N) is 1. The van der Waals surface area contributed by atoms with Crippen molar-refractivity contribution in [1.82, 2.24) is 19.9 Å². The molecule has 1 amide bonds. The van der Waals surface area contributed by atoms with Crippen molar-refractivity contribution >= 4 is 28.4 Å². The summed E-state index contributed by atoms with van der Waals surface area (Å²) in [7, 11) is 3.90. The van der Waals surface area contributed by atoms with Crippen LogP contribution in [0.4, 0.5) is 11.5 Å². The number of carbonyl (C=O) groups excluding carboxylic acids is 1. The van der Waals surface area contributed by atoms with Gasteiger partial charge in [-0.2, -0.15) is 5.26 Å². The molecule has 0 saturated heterocycles. The fourth-order valence-corrected chi connectivity index (χ4v) is 2.89. The van der Waals surface area contributed by atoms with Crippen LogP contribution < -0.4 is 10.2 Å². The van der Waals surface area contributed by atoms with Crippen LogP contribution in [0.3, 0.4) is 0 Å². The molecular weight excluding hydrogens is 328 g/mol. The highest BCUT2D eigenvalue weighted by molar-refractivity contribution is 5.95. The summed E-state index contributed by atoms with van der Waals surface area (Å²) in [5.74, 6) is 0.558. The quantitative estimate of drug-likeness (QED) is 0.716. The second kappa shape index (κ2) is 7.23. The number of carbonyl (C=O) groups is 1. The maximum atomic E-state index is 12.1. The number of rotatable bonds is 5. The number of imidazole rings is 1. The van der Waals surface area contributed by atoms with Crippen molar-refractivity contribution in [1.29, 1.82) is 5.26 Å². The monoisotopic (exact) mass is 348 g/mol. The van der Waals surface area contributed by atoms with E-state index in [0.29, 0.717) is 5.56 Å². The van der Waals surface area contributed by atoms with Crippen LogP contribution in [0.15, 0.2) is 36.8 Å². The molecule has 3 rings (SSSR count). The molecular formula is C19H20N6O. The number of nitrogens with zero attached hydrogens (tertiary/aromatic N) is 5. The lowest BCUT2D eigenvalue weighted by atomic mass is 10.0. The Kier molecular flexibility index (Phi) is 4.85. The van der Waals surface area contributed by atoms with Gasteiger partial charge in [-0.25, -0.2) is 9.97 Å². The molecule has 0 spiro atoms. The van der Waals surface area contributed by atoms with E-state index in [9.17, 15) is 4.79 Å². The Morgan fingerprint density at radius 1 is 1.35 bits per heavy atom. The third-order valence-electron chi connectivity index (χ3n) is 4.35. The van der Waals surface area contributed by atoms with Gasteiger partial charge in [0.25, 0.3) is 5.91 Å². The number of aryl methyl sites for hydroxylation is 2. The first-order valence-corrected chi connectivity index (χ1v) is 8.34. The minimum absolute atomic E-state index is 0.00339. The van der Waals surface area contributed by atoms with Crippen LogP contribution in [0.5, 0.6) is 0 Å². The first-order chi connectivity index (χ1) is 12.5. The van der Waals surface area contributed by atoms with E-state index < -0.39 is 0 Å². The smallest absolute Gasteiger partial charge is 0.252 e. The molecule has 0 aliphatic rings. The fraction of sp³-hybridized carbons (Fsp3) is 0.263. The van der Waals surface area contributed by atoms with Crippen molar-refractivity contribution in [2.75, 3.05) is 18.5 Å². The lowest BCUT2D eigenvalue weighted by molar-refractivity contribution is 0.0958. The SMILES string of the molecule is CCc1cc(C(=O)NCC#N)ccc1N(C)c1cc2c(cn1)ncn2C. The van der Waals surface area contributed by atoms with Crippen LogP contribution in [0.1, 0.15) is 22.8 Å². The highest BCUT2D eigenvalue weighted by Gasteiger charge is 2.14. The van der Waals surface area contributed by atoms with Gasteiger partial charge in [0.2, 0.25) is 0 Å². The average molecular weight is 348 g/mol. The zero-order valence-electron chi connectivity index (χ0n) is 15.0. The van der Waals surface area contributed by atoms with Gasteiger partial charge in [-0.1, -0.05) is 6.92 Å². The zero-order valence-corrected chi connectivity index (χ0v) is 15.0. The topological polar surface area (TPSA) is 86.8 Å². The van der Waals surface area contributed by atoms with E-state index in [2.05, 4.69) is 15.3 Å². The Morgan fingerprint density at radius 2 is 2.15 bits per heavy atom. The van der Waals surface area contributed by atoms with Crippen molar-refractivity contribution in [2.45, 2.75) is 13.3 Å². The highest BCUT2D eigenvalue weighted by Crippen LogP contribution is 2.28. The third kappa shape index (κ3) is 3.22. The van der Waals surface area contributed by atoms with E-state index in [1.54, 1.807) is 18.6 Å². The maximum Gasteiger partial charge on any atom is 0.252 e. The summed E-state index contributed by atoms with van der Waals surface area (Å²) in [6, 6.07) is 9.44. The van der Waals surface area contributed by atoms with E-state index in [0.717, 1.165) is 34.5 Å². The third-order valence-corrected chi connectivity index (χ3v) is 4.35. The number of amides is 1. The molecule has 2 heterocycles. The molecule has 7 heteroatoms. The highest BCUT2D eigenvalue weighted by atomic mass is 16.1. The van der Waals surface area contributed by atoms with Crippen molar-refractivity contribution in [3.63, 3.8) is 0 Å². The number of nitriles is 1. The average Bonchev–Trinajstić information content (AvgIpc) is 3.05. The molecule has 7 nitrogen and oxygen atoms in total. The van der Waals surface area contributed by atoms with Gasteiger partial charge >= 0.3 is 0 Å².